The topological polar surface area (TPSA) is 32.3 Å². The monoisotopic (exact) mass is 310 g/mol. The quantitative estimate of drug-likeness (QED) is 0.927. The molecule has 1 amide bonds. The van der Waals surface area contributed by atoms with Crippen molar-refractivity contribution in [2.24, 2.45) is 5.92 Å². The molecule has 0 aliphatic carbocycles. The Labute approximate surface area is 134 Å². The summed E-state index contributed by atoms with van der Waals surface area (Å²) in [6, 6.07) is 8.91. The number of hydrogen-bond acceptors (Lipinski definition) is 2. The number of carbonyl (C=O) groups excluding carboxylic acids is 1. The highest BCUT2D eigenvalue weighted by Crippen LogP contribution is 2.11. The summed E-state index contributed by atoms with van der Waals surface area (Å²) in [5.41, 5.74) is 2.47. The van der Waals surface area contributed by atoms with Gasteiger partial charge in [-0.1, -0.05) is 38.1 Å². The first-order valence-corrected chi connectivity index (χ1v) is 7.63. The Balaban J connectivity index is 0.00000220. The fourth-order valence-corrected chi connectivity index (χ4v) is 2.71. The molecule has 0 radical (unpaired) electrons. The molecule has 1 aromatic carbocycles. The molecule has 1 saturated heterocycles. The number of halogens is 1. The molecule has 2 rings (SSSR count). The largest absolute Gasteiger partial charge is 0.340 e. The number of amides is 1. The lowest BCUT2D eigenvalue weighted by Crippen LogP contribution is -2.51. The van der Waals surface area contributed by atoms with Gasteiger partial charge in [0.25, 0.3) is 0 Å². The van der Waals surface area contributed by atoms with Crippen molar-refractivity contribution in [1.29, 1.82) is 0 Å². The van der Waals surface area contributed by atoms with Crippen molar-refractivity contribution in [3.8, 4) is 0 Å². The van der Waals surface area contributed by atoms with E-state index < -0.39 is 0 Å². The van der Waals surface area contributed by atoms with Crippen LogP contribution >= 0.6 is 12.4 Å². The normalized spacial score (nSPS) is 18.5. The van der Waals surface area contributed by atoms with Gasteiger partial charge >= 0.3 is 0 Å². The van der Waals surface area contributed by atoms with Crippen LogP contribution in [-0.4, -0.2) is 36.5 Å². The summed E-state index contributed by atoms with van der Waals surface area (Å²) in [5, 5.41) is 3.36. The zero-order chi connectivity index (χ0) is 14.5. The first-order chi connectivity index (χ1) is 9.54. The Bertz CT molecular complexity index is 445. The zero-order valence-electron chi connectivity index (χ0n) is 13.3. The van der Waals surface area contributed by atoms with Crippen LogP contribution in [0.3, 0.4) is 0 Å². The number of benzene rings is 1. The van der Waals surface area contributed by atoms with Gasteiger partial charge in [0.15, 0.2) is 0 Å². The Morgan fingerprint density at radius 3 is 2.48 bits per heavy atom. The molecule has 1 aliphatic rings. The second-order valence-electron chi connectivity index (χ2n) is 6.29. The van der Waals surface area contributed by atoms with Gasteiger partial charge in [0.2, 0.25) is 5.91 Å². The van der Waals surface area contributed by atoms with Gasteiger partial charge in [0, 0.05) is 25.7 Å². The molecule has 1 heterocycles. The smallest absolute Gasteiger partial charge is 0.227 e. The van der Waals surface area contributed by atoms with E-state index in [9.17, 15) is 4.79 Å². The van der Waals surface area contributed by atoms with Crippen molar-refractivity contribution in [2.45, 2.75) is 39.7 Å². The van der Waals surface area contributed by atoms with Crippen molar-refractivity contribution in [3.05, 3.63) is 35.4 Å². The van der Waals surface area contributed by atoms with Gasteiger partial charge in [-0.05, 0) is 30.4 Å². The van der Waals surface area contributed by atoms with Crippen molar-refractivity contribution < 1.29 is 4.79 Å². The summed E-state index contributed by atoms with van der Waals surface area (Å²) in [6.45, 7) is 9.13. The fraction of sp³-hybridized carbons (Fsp3) is 0.588. The van der Waals surface area contributed by atoms with Crippen LogP contribution in [0.2, 0.25) is 0 Å². The van der Waals surface area contributed by atoms with E-state index in [1.807, 2.05) is 4.90 Å². The predicted molar refractivity (Wildman–Crippen MR) is 90.0 cm³/mol. The third kappa shape index (κ3) is 5.68. The summed E-state index contributed by atoms with van der Waals surface area (Å²) in [7, 11) is 0. The number of piperazine rings is 1. The highest BCUT2D eigenvalue weighted by Gasteiger charge is 2.20. The molecule has 118 valence electrons. The van der Waals surface area contributed by atoms with Gasteiger partial charge in [0.1, 0.15) is 0 Å². The van der Waals surface area contributed by atoms with Gasteiger partial charge in [-0.25, -0.2) is 0 Å². The van der Waals surface area contributed by atoms with Crippen LogP contribution in [-0.2, 0) is 17.6 Å². The fourth-order valence-electron chi connectivity index (χ4n) is 2.71. The maximum absolute atomic E-state index is 12.3. The summed E-state index contributed by atoms with van der Waals surface area (Å²) in [5.74, 6) is 0.916. The SMILES string of the molecule is CC(C)Cc1ccc(CC(=O)N2CCNC(C)C2)cc1.Cl. The molecule has 0 spiro atoms. The first kappa shape index (κ1) is 18.0. The Morgan fingerprint density at radius 2 is 1.90 bits per heavy atom. The van der Waals surface area contributed by atoms with Crippen LogP contribution in [0.1, 0.15) is 31.9 Å². The third-order valence-electron chi connectivity index (χ3n) is 3.74. The van der Waals surface area contributed by atoms with E-state index >= 15 is 0 Å². The molecule has 0 saturated carbocycles. The van der Waals surface area contributed by atoms with Gasteiger partial charge < -0.3 is 10.2 Å². The molecule has 0 aromatic heterocycles. The molecule has 1 N–H and O–H groups in total. The predicted octanol–water partition coefficient (Wildman–Crippen LogP) is 2.67. The van der Waals surface area contributed by atoms with Crippen molar-refractivity contribution in [3.63, 3.8) is 0 Å². The molecule has 0 bridgehead atoms. The lowest BCUT2D eigenvalue weighted by Gasteiger charge is -2.32. The second kappa shape index (κ2) is 8.40. The lowest BCUT2D eigenvalue weighted by atomic mass is 10.0. The second-order valence-corrected chi connectivity index (χ2v) is 6.29. The van der Waals surface area contributed by atoms with E-state index in [0.717, 1.165) is 31.6 Å². The number of carbonyl (C=O) groups is 1. The maximum atomic E-state index is 12.3. The molecular weight excluding hydrogens is 284 g/mol. The standard InChI is InChI=1S/C17H26N2O.ClH/c1-13(2)10-15-4-6-16(7-5-15)11-17(20)19-9-8-18-14(3)12-19;/h4-7,13-14,18H,8-12H2,1-3H3;1H. The molecule has 1 aromatic rings. The highest BCUT2D eigenvalue weighted by molar-refractivity contribution is 5.85. The molecular formula is C17H27ClN2O. The van der Waals surface area contributed by atoms with E-state index in [1.165, 1.54) is 5.56 Å². The molecule has 1 aliphatic heterocycles. The van der Waals surface area contributed by atoms with Crippen LogP contribution in [0.15, 0.2) is 24.3 Å². The minimum Gasteiger partial charge on any atom is -0.340 e. The summed E-state index contributed by atoms with van der Waals surface area (Å²) in [4.78, 5) is 14.2. The molecule has 3 nitrogen and oxygen atoms in total. The summed E-state index contributed by atoms with van der Waals surface area (Å²) in [6.07, 6.45) is 1.62. The average Bonchev–Trinajstić information content (AvgIpc) is 2.40. The maximum Gasteiger partial charge on any atom is 0.227 e. The minimum absolute atomic E-state index is 0. The van der Waals surface area contributed by atoms with Gasteiger partial charge in [-0.3, -0.25) is 4.79 Å². The van der Waals surface area contributed by atoms with Crippen LogP contribution in [0, 0.1) is 5.92 Å². The van der Waals surface area contributed by atoms with Crippen LogP contribution < -0.4 is 5.32 Å². The van der Waals surface area contributed by atoms with E-state index in [2.05, 4.69) is 50.4 Å². The van der Waals surface area contributed by atoms with E-state index in [-0.39, 0.29) is 18.3 Å². The van der Waals surface area contributed by atoms with Crippen molar-refractivity contribution in [1.82, 2.24) is 10.2 Å². The van der Waals surface area contributed by atoms with Crippen LogP contribution in [0.4, 0.5) is 0 Å². The molecule has 21 heavy (non-hydrogen) atoms. The Morgan fingerprint density at radius 1 is 1.29 bits per heavy atom. The van der Waals surface area contributed by atoms with E-state index in [0.29, 0.717) is 18.4 Å². The first-order valence-electron chi connectivity index (χ1n) is 7.63. The van der Waals surface area contributed by atoms with Gasteiger partial charge in [-0.2, -0.15) is 0 Å². The number of rotatable bonds is 4. The highest BCUT2D eigenvalue weighted by atomic mass is 35.5. The molecule has 1 unspecified atom stereocenters. The third-order valence-corrected chi connectivity index (χ3v) is 3.74. The van der Waals surface area contributed by atoms with Gasteiger partial charge in [-0.15, -0.1) is 12.4 Å². The zero-order valence-corrected chi connectivity index (χ0v) is 14.1. The summed E-state index contributed by atoms with van der Waals surface area (Å²) < 4.78 is 0. The van der Waals surface area contributed by atoms with Crippen molar-refractivity contribution >= 4 is 18.3 Å². The number of nitrogens with one attached hydrogen (secondary N) is 1. The summed E-state index contributed by atoms with van der Waals surface area (Å²) >= 11 is 0. The number of nitrogens with zero attached hydrogens (tertiary/aromatic N) is 1. The van der Waals surface area contributed by atoms with Crippen LogP contribution in [0.5, 0.6) is 0 Å². The molecule has 1 atom stereocenters. The van der Waals surface area contributed by atoms with E-state index in [1.54, 1.807) is 0 Å². The molecule has 1 fully saturated rings. The van der Waals surface area contributed by atoms with Gasteiger partial charge in [0.05, 0.1) is 6.42 Å². The minimum atomic E-state index is 0. The Hall–Kier alpha value is -1.06. The average molecular weight is 311 g/mol. The van der Waals surface area contributed by atoms with E-state index in [4.69, 9.17) is 0 Å². The Kier molecular flexibility index (Phi) is 7.20. The van der Waals surface area contributed by atoms with Crippen molar-refractivity contribution in [2.75, 3.05) is 19.6 Å². The number of hydrogen-bond donors (Lipinski definition) is 1. The lowest BCUT2D eigenvalue weighted by molar-refractivity contribution is -0.131. The molecule has 4 heteroatoms. The van der Waals surface area contributed by atoms with Crippen LogP contribution in [0.25, 0.3) is 0 Å².